The average molecular weight is 185 g/mol. The predicted octanol–water partition coefficient (Wildman–Crippen LogP) is 1.37. The standard InChI is InChI=1S/C9H9F2NO/c1-12-5-9(13)6-2-7(10)4-8(11)3-6/h2-4,12H,5H2,1H3. The Balaban J connectivity index is 2.94. The third kappa shape index (κ3) is 2.59. The van der Waals surface area contributed by atoms with E-state index in [9.17, 15) is 13.6 Å². The normalized spacial score (nSPS) is 10.1. The molecule has 2 nitrogen and oxygen atoms in total. The van der Waals surface area contributed by atoms with Crippen LogP contribution in [0.25, 0.3) is 0 Å². The first kappa shape index (κ1) is 9.80. The van der Waals surface area contributed by atoms with Gasteiger partial charge >= 0.3 is 0 Å². The number of hydrogen-bond acceptors (Lipinski definition) is 2. The molecule has 1 N–H and O–H groups in total. The van der Waals surface area contributed by atoms with Crippen molar-refractivity contribution in [3.63, 3.8) is 0 Å². The zero-order valence-electron chi connectivity index (χ0n) is 7.10. The number of halogens is 2. The molecule has 0 bridgehead atoms. The molecule has 0 unspecified atom stereocenters. The molecule has 70 valence electrons. The summed E-state index contributed by atoms with van der Waals surface area (Å²) in [5, 5.41) is 2.61. The van der Waals surface area contributed by atoms with Gasteiger partial charge in [-0.1, -0.05) is 0 Å². The maximum Gasteiger partial charge on any atom is 0.176 e. The van der Waals surface area contributed by atoms with E-state index in [1.807, 2.05) is 0 Å². The SMILES string of the molecule is CNCC(=O)c1cc(F)cc(F)c1. The summed E-state index contributed by atoms with van der Waals surface area (Å²) in [4.78, 5) is 11.2. The molecule has 4 heteroatoms. The molecular weight excluding hydrogens is 176 g/mol. The van der Waals surface area contributed by atoms with Crippen molar-refractivity contribution in [1.82, 2.24) is 5.32 Å². The Morgan fingerprint density at radius 2 is 1.85 bits per heavy atom. The highest BCUT2D eigenvalue weighted by atomic mass is 19.1. The summed E-state index contributed by atoms with van der Waals surface area (Å²) >= 11 is 0. The molecule has 1 aromatic carbocycles. The first-order chi connectivity index (χ1) is 6.13. The van der Waals surface area contributed by atoms with E-state index in [4.69, 9.17) is 0 Å². The summed E-state index contributed by atoms with van der Waals surface area (Å²) in [6.45, 7) is 0.0723. The van der Waals surface area contributed by atoms with E-state index < -0.39 is 11.6 Å². The number of Topliss-reactive ketones (excluding diaryl/α,β-unsaturated/α-hetero) is 1. The zero-order chi connectivity index (χ0) is 9.84. The zero-order valence-corrected chi connectivity index (χ0v) is 7.10. The fraction of sp³-hybridized carbons (Fsp3) is 0.222. The van der Waals surface area contributed by atoms with Crippen molar-refractivity contribution in [3.05, 3.63) is 35.4 Å². The number of carbonyl (C=O) groups is 1. The van der Waals surface area contributed by atoms with Crippen molar-refractivity contribution in [2.24, 2.45) is 0 Å². The quantitative estimate of drug-likeness (QED) is 0.720. The van der Waals surface area contributed by atoms with Crippen LogP contribution >= 0.6 is 0 Å². The highest BCUT2D eigenvalue weighted by molar-refractivity contribution is 5.97. The van der Waals surface area contributed by atoms with Crippen LogP contribution in [0.5, 0.6) is 0 Å². The Morgan fingerprint density at radius 1 is 1.31 bits per heavy atom. The van der Waals surface area contributed by atoms with Crippen LogP contribution in [-0.2, 0) is 0 Å². The van der Waals surface area contributed by atoms with Gasteiger partial charge < -0.3 is 5.32 Å². The van der Waals surface area contributed by atoms with Crippen LogP contribution in [0.2, 0.25) is 0 Å². The summed E-state index contributed by atoms with van der Waals surface area (Å²) in [6.07, 6.45) is 0. The summed E-state index contributed by atoms with van der Waals surface area (Å²) in [5.41, 5.74) is 0.0480. The van der Waals surface area contributed by atoms with E-state index in [2.05, 4.69) is 5.32 Å². The highest BCUT2D eigenvalue weighted by Gasteiger charge is 2.07. The van der Waals surface area contributed by atoms with Crippen molar-refractivity contribution < 1.29 is 13.6 Å². The van der Waals surface area contributed by atoms with Crippen molar-refractivity contribution in [2.75, 3.05) is 13.6 Å². The highest BCUT2D eigenvalue weighted by Crippen LogP contribution is 2.08. The third-order valence-electron chi connectivity index (χ3n) is 1.52. The van der Waals surface area contributed by atoms with Gasteiger partial charge in [0, 0.05) is 11.6 Å². The minimum absolute atomic E-state index is 0.0480. The molecular formula is C9H9F2NO. The predicted molar refractivity (Wildman–Crippen MR) is 44.6 cm³/mol. The molecule has 0 atom stereocenters. The second-order valence-electron chi connectivity index (χ2n) is 2.61. The molecule has 0 aliphatic heterocycles. The topological polar surface area (TPSA) is 29.1 Å². The van der Waals surface area contributed by atoms with Crippen LogP contribution in [0.15, 0.2) is 18.2 Å². The number of likely N-dealkylation sites (N-methyl/N-ethyl adjacent to an activating group) is 1. The smallest absolute Gasteiger partial charge is 0.176 e. The fourth-order valence-electron chi connectivity index (χ4n) is 0.977. The fourth-order valence-corrected chi connectivity index (χ4v) is 0.977. The number of nitrogens with one attached hydrogen (secondary N) is 1. The first-order valence-corrected chi connectivity index (χ1v) is 3.77. The average Bonchev–Trinajstić information content (AvgIpc) is 2.03. The second kappa shape index (κ2) is 4.09. The van der Waals surface area contributed by atoms with Crippen LogP contribution in [0.1, 0.15) is 10.4 Å². The lowest BCUT2D eigenvalue weighted by Crippen LogP contribution is -2.18. The van der Waals surface area contributed by atoms with E-state index in [1.54, 1.807) is 7.05 Å². The van der Waals surface area contributed by atoms with Crippen LogP contribution in [0.4, 0.5) is 8.78 Å². The lowest BCUT2D eigenvalue weighted by molar-refractivity contribution is 0.0992. The Labute approximate surface area is 74.6 Å². The van der Waals surface area contributed by atoms with E-state index >= 15 is 0 Å². The van der Waals surface area contributed by atoms with E-state index in [0.717, 1.165) is 18.2 Å². The molecule has 0 amide bonds. The van der Waals surface area contributed by atoms with Gasteiger partial charge in [0.25, 0.3) is 0 Å². The number of rotatable bonds is 3. The van der Waals surface area contributed by atoms with Crippen molar-refractivity contribution in [2.45, 2.75) is 0 Å². The lowest BCUT2D eigenvalue weighted by Gasteiger charge is -2.00. The third-order valence-corrected chi connectivity index (χ3v) is 1.52. The molecule has 0 saturated carbocycles. The molecule has 1 rings (SSSR count). The summed E-state index contributed by atoms with van der Waals surface area (Å²) in [7, 11) is 1.59. The Kier molecular flexibility index (Phi) is 3.08. The molecule has 0 aliphatic rings. The summed E-state index contributed by atoms with van der Waals surface area (Å²) in [6, 6.07) is 2.77. The lowest BCUT2D eigenvalue weighted by atomic mass is 10.1. The molecule has 0 heterocycles. The van der Waals surface area contributed by atoms with Gasteiger partial charge in [0.2, 0.25) is 0 Å². The van der Waals surface area contributed by atoms with Crippen LogP contribution in [-0.4, -0.2) is 19.4 Å². The maximum absolute atomic E-state index is 12.6. The van der Waals surface area contributed by atoms with Gasteiger partial charge in [0.1, 0.15) is 11.6 Å². The van der Waals surface area contributed by atoms with Crippen LogP contribution in [0.3, 0.4) is 0 Å². The number of carbonyl (C=O) groups excluding carboxylic acids is 1. The molecule has 0 radical (unpaired) electrons. The van der Waals surface area contributed by atoms with Gasteiger partial charge in [-0.25, -0.2) is 8.78 Å². The minimum atomic E-state index is -0.737. The Hall–Kier alpha value is -1.29. The molecule has 1 aromatic rings. The molecule has 0 spiro atoms. The molecule has 0 fully saturated rings. The van der Waals surface area contributed by atoms with Crippen molar-refractivity contribution in [3.8, 4) is 0 Å². The van der Waals surface area contributed by atoms with Crippen LogP contribution < -0.4 is 5.32 Å². The largest absolute Gasteiger partial charge is 0.313 e. The van der Waals surface area contributed by atoms with Crippen molar-refractivity contribution >= 4 is 5.78 Å². The van der Waals surface area contributed by atoms with Gasteiger partial charge in [-0.15, -0.1) is 0 Å². The maximum atomic E-state index is 12.6. The second-order valence-corrected chi connectivity index (χ2v) is 2.61. The van der Waals surface area contributed by atoms with Gasteiger partial charge in [-0.05, 0) is 19.2 Å². The van der Waals surface area contributed by atoms with Gasteiger partial charge in [0.05, 0.1) is 6.54 Å². The van der Waals surface area contributed by atoms with Crippen molar-refractivity contribution in [1.29, 1.82) is 0 Å². The summed E-state index contributed by atoms with van der Waals surface area (Å²) < 4.78 is 25.2. The first-order valence-electron chi connectivity index (χ1n) is 3.77. The van der Waals surface area contributed by atoms with E-state index in [0.29, 0.717) is 0 Å². The summed E-state index contributed by atoms with van der Waals surface area (Å²) in [5.74, 6) is -1.81. The Bertz CT molecular complexity index is 305. The number of hydrogen-bond donors (Lipinski definition) is 1. The Morgan fingerprint density at radius 3 is 2.31 bits per heavy atom. The van der Waals surface area contributed by atoms with Gasteiger partial charge in [-0.3, -0.25) is 4.79 Å². The van der Waals surface area contributed by atoms with Crippen LogP contribution in [0, 0.1) is 11.6 Å². The molecule has 0 aromatic heterocycles. The molecule has 13 heavy (non-hydrogen) atoms. The molecule has 0 saturated heterocycles. The van der Waals surface area contributed by atoms with E-state index in [1.165, 1.54) is 0 Å². The van der Waals surface area contributed by atoms with E-state index in [-0.39, 0.29) is 17.9 Å². The number of ketones is 1. The van der Waals surface area contributed by atoms with Gasteiger partial charge in [0.15, 0.2) is 5.78 Å². The van der Waals surface area contributed by atoms with Gasteiger partial charge in [-0.2, -0.15) is 0 Å². The monoisotopic (exact) mass is 185 g/mol. The molecule has 0 aliphatic carbocycles. The minimum Gasteiger partial charge on any atom is -0.313 e. The number of benzene rings is 1.